The van der Waals surface area contributed by atoms with Crippen molar-refractivity contribution in [3.05, 3.63) is 94.5 Å². The largest absolute Gasteiger partial charge is 0.345 e. The summed E-state index contributed by atoms with van der Waals surface area (Å²) in [6.45, 7) is 2.04. The Morgan fingerprint density at radius 2 is 1.69 bits per heavy atom. The van der Waals surface area contributed by atoms with E-state index >= 15 is 0 Å². The zero-order valence-corrected chi connectivity index (χ0v) is 20.2. The quantitative estimate of drug-likeness (QED) is 0.334. The molecule has 3 aromatic carbocycles. The summed E-state index contributed by atoms with van der Waals surface area (Å²) in [7, 11) is -1.43. The number of fused-ring (bicyclic) bond motifs is 1. The minimum atomic E-state index is -1.43. The highest BCUT2D eigenvalue weighted by Gasteiger charge is 2.25. The van der Waals surface area contributed by atoms with Crippen LogP contribution in [0, 0.1) is 0 Å². The second-order valence-corrected chi connectivity index (χ2v) is 9.72. The summed E-state index contributed by atoms with van der Waals surface area (Å²) in [5.41, 5.74) is 3.51. The van der Waals surface area contributed by atoms with Crippen molar-refractivity contribution in [2.24, 2.45) is 0 Å². The van der Waals surface area contributed by atoms with Crippen LogP contribution in [0.3, 0.4) is 0 Å². The van der Waals surface area contributed by atoms with Crippen molar-refractivity contribution in [2.45, 2.75) is 24.3 Å². The van der Waals surface area contributed by atoms with Crippen LogP contribution in [0.15, 0.2) is 88.2 Å². The van der Waals surface area contributed by atoms with Gasteiger partial charge in [-0.15, -0.1) is 0 Å². The highest BCUT2D eigenvalue weighted by molar-refractivity contribution is 9.10. The van der Waals surface area contributed by atoms with Crippen LogP contribution in [0.4, 0.5) is 0 Å². The van der Waals surface area contributed by atoms with Crippen LogP contribution in [0.1, 0.15) is 35.3 Å². The minimum Gasteiger partial charge on any atom is -0.345 e. The van der Waals surface area contributed by atoms with Crippen molar-refractivity contribution >= 4 is 43.5 Å². The fraction of sp³-hybridized carbons (Fsp3) is 0.154. The van der Waals surface area contributed by atoms with Gasteiger partial charge in [-0.1, -0.05) is 89.6 Å². The van der Waals surface area contributed by atoms with Crippen LogP contribution in [-0.2, 0) is 10.8 Å². The van der Waals surface area contributed by atoms with Crippen LogP contribution in [0.5, 0.6) is 0 Å². The zero-order chi connectivity index (χ0) is 22.7. The summed E-state index contributed by atoms with van der Waals surface area (Å²) < 4.78 is 13.8. The van der Waals surface area contributed by atoms with Crippen LogP contribution in [0.2, 0.25) is 0 Å². The SMILES string of the molecule is CC[C@H](NC(=O)c1c(S(C)=O)c(-c2ccccc2)nc2cc(Br)ccc12)c1ccccc1. The lowest BCUT2D eigenvalue weighted by Gasteiger charge is -2.20. The standard InChI is InChI=1S/C26H23BrN2O2S/c1-3-21(17-10-6-4-7-11-17)29-26(30)23-20-15-14-19(27)16-22(20)28-24(25(23)32(2)31)18-12-8-5-9-13-18/h4-16,21H,3H2,1-2H3,(H,29,30)/t21-,32?/m0/s1. The molecule has 2 atom stereocenters. The summed E-state index contributed by atoms with van der Waals surface area (Å²) in [4.78, 5) is 19.0. The van der Waals surface area contributed by atoms with Gasteiger partial charge in [-0.2, -0.15) is 0 Å². The van der Waals surface area contributed by atoms with Gasteiger partial charge < -0.3 is 5.32 Å². The predicted molar refractivity (Wildman–Crippen MR) is 134 cm³/mol. The van der Waals surface area contributed by atoms with Gasteiger partial charge in [0.2, 0.25) is 0 Å². The van der Waals surface area contributed by atoms with Gasteiger partial charge in [0.25, 0.3) is 5.91 Å². The number of carbonyl (C=O) groups is 1. The summed E-state index contributed by atoms with van der Waals surface area (Å²) in [6, 6.07) is 24.9. The molecule has 0 bridgehead atoms. The van der Waals surface area contributed by atoms with E-state index in [9.17, 15) is 9.00 Å². The lowest BCUT2D eigenvalue weighted by molar-refractivity contribution is 0.0934. The molecule has 4 nitrogen and oxygen atoms in total. The first-order valence-electron chi connectivity index (χ1n) is 10.4. The fourth-order valence-corrected chi connectivity index (χ4v) is 5.13. The molecule has 0 saturated heterocycles. The Morgan fingerprint density at radius 3 is 2.31 bits per heavy atom. The van der Waals surface area contributed by atoms with E-state index in [0.717, 1.165) is 22.0 Å². The van der Waals surface area contributed by atoms with Crippen molar-refractivity contribution in [3.63, 3.8) is 0 Å². The number of hydrogen-bond acceptors (Lipinski definition) is 3. The van der Waals surface area contributed by atoms with Gasteiger partial charge in [-0.3, -0.25) is 9.00 Å². The minimum absolute atomic E-state index is 0.152. The maximum Gasteiger partial charge on any atom is 0.253 e. The molecule has 1 heterocycles. The molecule has 4 rings (SSSR count). The first kappa shape index (κ1) is 22.4. The number of nitrogens with one attached hydrogen (secondary N) is 1. The lowest BCUT2D eigenvalue weighted by atomic mass is 10.0. The third-order valence-corrected chi connectivity index (χ3v) is 6.85. The Bertz CT molecular complexity index is 1290. The molecule has 1 unspecified atom stereocenters. The number of carbonyl (C=O) groups excluding carboxylic acids is 1. The maximum absolute atomic E-state index is 13.7. The molecule has 1 amide bonds. The van der Waals surface area contributed by atoms with Crippen LogP contribution in [0.25, 0.3) is 22.2 Å². The number of pyridine rings is 1. The van der Waals surface area contributed by atoms with Gasteiger partial charge in [-0.05, 0) is 24.1 Å². The molecule has 162 valence electrons. The Balaban J connectivity index is 1.93. The van der Waals surface area contributed by atoms with Gasteiger partial charge in [0.05, 0.1) is 38.5 Å². The molecular weight excluding hydrogens is 484 g/mol. The first-order valence-corrected chi connectivity index (χ1v) is 12.7. The van der Waals surface area contributed by atoms with E-state index < -0.39 is 10.8 Å². The van der Waals surface area contributed by atoms with E-state index in [1.807, 2.05) is 85.8 Å². The number of amides is 1. The third-order valence-electron chi connectivity index (χ3n) is 5.38. The normalized spacial score (nSPS) is 13.0. The molecule has 0 spiro atoms. The van der Waals surface area contributed by atoms with E-state index in [1.165, 1.54) is 0 Å². The molecule has 0 aliphatic carbocycles. The van der Waals surface area contributed by atoms with Gasteiger partial charge in [0, 0.05) is 21.7 Å². The van der Waals surface area contributed by atoms with Gasteiger partial charge in [-0.25, -0.2) is 4.98 Å². The predicted octanol–water partition coefficient (Wildman–Crippen LogP) is 6.28. The summed E-state index contributed by atoms with van der Waals surface area (Å²) in [5, 5.41) is 3.85. The van der Waals surface area contributed by atoms with E-state index in [2.05, 4.69) is 21.2 Å². The van der Waals surface area contributed by atoms with Gasteiger partial charge in [0.15, 0.2) is 0 Å². The molecular formula is C26H23BrN2O2S. The monoisotopic (exact) mass is 506 g/mol. The average molecular weight is 507 g/mol. The van der Waals surface area contributed by atoms with Gasteiger partial charge in [0.1, 0.15) is 0 Å². The van der Waals surface area contributed by atoms with E-state index in [1.54, 1.807) is 6.26 Å². The number of rotatable bonds is 6. The molecule has 1 N–H and O–H groups in total. The summed E-state index contributed by atoms with van der Waals surface area (Å²) >= 11 is 3.50. The molecule has 6 heteroatoms. The average Bonchev–Trinajstić information content (AvgIpc) is 2.82. The molecule has 0 aliphatic rings. The zero-order valence-electron chi connectivity index (χ0n) is 17.8. The molecule has 0 fully saturated rings. The summed E-state index contributed by atoms with van der Waals surface area (Å²) in [5.74, 6) is -0.252. The molecule has 1 aromatic heterocycles. The molecule has 0 radical (unpaired) electrons. The second-order valence-electron chi connectivity index (χ2n) is 7.49. The Morgan fingerprint density at radius 1 is 1.03 bits per heavy atom. The van der Waals surface area contributed by atoms with Crippen LogP contribution in [-0.4, -0.2) is 21.4 Å². The molecule has 32 heavy (non-hydrogen) atoms. The van der Waals surface area contributed by atoms with Crippen molar-refractivity contribution < 1.29 is 9.00 Å². The van der Waals surface area contributed by atoms with Crippen molar-refractivity contribution in [2.75, 3.05) is 6.26 Å². The Hall–Kier alpha value is -2.83. The van der Waals surface area contributed by atoms with E-state index in [-0.39, 0.29) is 11.9 Å². The Kier molecular flexibility index (Phi) is 6.82. The highest BCUT2D eigenvalue weighted by atomic mass is 79.9. The van der Waals surface area contributed by atoms with Crippen molar-refractivity contribution in [1.29, 1.82) is 0 Å². The van der Waals surface area contributed by atoms with E-state index in [0.29, 0.717) is 27.1 Å². The molecule has 0 saturated carbocycles. The first-order chi connectivity index (χ1) is 15.5. The second kappa shape index (κ2) is 9.76. The lowest BCUT2D eigenvalue weighted by Crippen LogP contribution is -2.29. The molecule has 4 aromatic rings. The topological polar surface area (TPSA) is 59.1 Å². The smallest absolute Gasteiger partial charge is 0.253 e. The Labute approximate surface area is 198 Å². The maximum atomic E-state index is 13.7. The third kappa shape index (κ3) is 4.52. The summed E-state index contributed by atoms with van der Waals surface area (Å²) in [6.07, 6.45) is 2.33. The fourth-order valence-electron chi connectivity index (χ4n) is 3.85. The van der Waals surface area contributed by atoms with E-state index in [4.69, 9.17) is 4.98 Å². The number of halogens is 1. The van der Waals surface area contributed by atoms with Crippen LogP contribution >= 0.6 is 15.9 Å². The number of aromatic nitrogens is 1. The van der Waals surface area contributed by atoms with Crippen molar-refractivity contribution in [1.82, 2.24) is 10.3 Å². The number of hydrogen-bond donors (Lipinski definition) is 1. The highest BCUT2D eigenvalue weighted by Crippen LogP contribution is 2.34. The van der Waals surface area contributed by atoms with Crippen LogP contribution < -0.4 is 5.32 Å². The number of benzene rings is 3. The van der Waals surface area contributed by atoms with Crippen molar-refractivity contribution in [3.8, 4) is 11.3 Å². The van der Waals surface area contributed by atoms with Gasteiger partial charge >= 0.3 is 0 Å². The number of nitrogens with zero attached hydrogens (tertiary/aromatic N) is 1. The molecule has 0 aliphatic heterocycles.